The minimum Gasteiger partial charge on any atom is -0.366 e. The van der Waals surface area contributed by atoms with E-state index < -0.39 is 0 Å². The van der Waals surface area contributed by atoms with Crippen LogP contribution in [-0.4, -0.2) is 19.0 Å². The van der Waals surface area contributed by atoms with Gasteiger partial charge >= 0.3 is 0 Å². The first-order valence-electron chi connectivity index (χ1n) is 4.38. The zero-order valence-electron chi connectivity index (χ0n) is 7.29. The number of amides is 1. The first-order chi connectivity index (χ1) is 6.27. The molecule has 0 bridgehead atoms. The van der Waals surface area contributed by atoms with Gasteiger partial charge in [-0.3, -0.25) is 4.79 Å². The second-order valence-corrected chi connectivity index (χ2v) is 3.34. The van der Waals surface area contributed by atoms with Gasteiger partial charge in [0.25, 0.3) is 0 Å². The molecule has 1 aliphatic rings. The van der Waals surface area contributed by atoms with Crippen LogP contribution in [0.5, 0.6) is 0 Å². The Morgan fingerprint density at radius 1 is 1.46 bits per heavy atom. The Kier molecular flexibility index (Phi) is 2.02. The second kappa shape index (κ2) is 3.18. The smallest absolute Gasteiger partial charge is 0.248 e. The third-order valence-electron chi connectivity index (χ3n) is 2.42. The predicted molar refractivity (Wildman–Crippen MR) is 50.6 cm³/mol. The monoisotopic (exact) mass is 176 g/mol. The van der Waals surface area contributed by atoms with Crippen molar-refractivity contribution < 1.29 is 4.79 Å². The summed E-state index contributed by atoms with van der Waals surface area (Å²) in [6.45, 7) is 2.00. The van der Waals surface area contributed by atoms with E-state index >= 15 is 0 Å². The van der Waals surface area contributed by atoms with Crippen LogP contribution in [0.1, 0.15) is 21.8 Å². The van der Waals surface area contributed by atoms with Crippen molar-refractivity contribution in [1.29, 1.82) is 0 Å². The molecule has 3 N–H and O–H groups in total. The summed E-state index contributed by atoms with van der Waals surface area (Å²) in [6, 6.07) is 7.55. The fourth-order valence-electron chi connectivity index (χ4n) is 1.47. The summed E-state index contributed by atoms with van der Waals surface area (Å²) in [4.78, 5) is 10.9. The van der Waals surface area contributed by atoms with Gasteiger partial charge in [-0.15, -0.1) is 0 Å². The lowest BCUT2D eigenvalue weighted by molar-refractivity contribution is 0.1000. The molecule has 1 aliphatic heterocycles. The largest absolute Gasteiger partial charge is 0.366 e. The highest BCUT2D eigenvalue weighted by Gasteiger charge is 2.19. The van der Waals surface area contributed by atoms with Crippen LogP contribution < -0.4 is 11.1 Å². The quantitative estimate of drug-likeness (QED) is 0.688. The molecule has 3 heteroatoms. The molecule has 0 aliphatic carbocycles. The molecule has 3 nitrogen and oxygen atoms in total. The standard InChI is InChI=1S/C10H12N2O/c11-10(13)8-3-1-2-7(4-8)9-5-12-6-9/h1-4,9,12H,5-6H2,(H2,11,13). The SMILES string of the molecule is NC(=O)c1cccc(C2CNC2)c1. The maximum atomic E-state index is 10.9. The van der Waals surface area contributed by atoms with Crippen LogP contribution in [0, 0.1) is 0 Å². The molecule has 1 heterocycles. The van der Waals surface area contributed by atoms with Crippen molar-refractivity contribution >= 4 is 5.91 Å². The molecule has 0 radical (unpaired) electrons. The van der Waals surface area contributed by atoms with E-state index in [1.54, 1.807) is 6.07 Å². The lowest BCUT2D eigenvalue weighted by atomic mass is 9.92. The fourth-order valence-corrected chi connectivity index (χ4v) is 1.47. The predicted octanol–water partition coefficient (Wildman–Crippen LogP) is 0.472. The van der Waals surface area contributed by atoms with Gasteiger partial charge in [0.1, 0.15) is 0 Å². The number of rotatable bonds is 2. The summed E-state index contributed by atoms with van der Waals surface area (Å²) in [5.74, 6) is 0.202. The maximum absolute atomic E-state index is 10.9. The fraction of sp³-hybridized carbons (Fsp3) is 0.300. The number of hydrogen-bond donors (Lipinski definition) is 2. The van der Waals surface area contributed by atoms with Crippen LogP contribution in [0.25, 0.3) is 0 Å². The van der Waals surface area contributed by atoms with Gasteiger partial charge in [-0.05, 0) is 17.7 Å². The van der Waals surface area contributed by atoms with Crippen molar-refractivity contribution in [3.05, 3.63) is 35.4 Å². The first-order valence-corrected chi connectivity index (χ1v) is 4.38. The Balaban J connectivity index is 2.26. The normalized spacial score (nSPS) is 16.6. The van der Waals surface area contributed by atoms with Crippen LogP contribution in [0.4, 0.5) is 0 Å². The van der Waals surface area contributed by atoms with E-state index in [9.17, 15) is 4.79 Å². The van der Waals surface area contributed by atoms with E-state index in [0.717, 1.165) is 13.1 Å². The number of nitrogens with two attached hydrogens (primary N) is 1. The van der Waals surface area contributed by atoms with E-state index in [0.29, 0.717) is 11.5 Å². The second-order valence-electron chi connectivity index (χ2n) is 3.34. The number of benzene rings is 1. The molecule has 1 fully saturated rings. The van der Waals surface area contributed by atoms with E-state index in [1.165, 1.54) is 5.56 Å². The molecular formula is C10H12N2O. The highest BCUT2D eigenvalue weighted by atomic mass is 16.1. The molecule has 0 atom stereocenters. The summed E-state index contributed by atoms with van der Waals surface area (Å²) in [6.07, 6.45) is 0. The molecule has 1 aromatic carbocycles. The van der Waals surface area contributed by atoms with Crippen LogP contribution >= 0.6 is 0 Å². The van der Waals surface area contributed by atoms with Gasteiger partial charge in [0.15, 0.2) is 0 Å². The van der Waals surface area contributed by atoms with Gasteiger partial charge in [-0.1, -0.05) is 12.1 Å². The van der Waals surface area contributed by atoms with Crippen LogP contribution in [0.2, 0.25) is 0 Å². The average molecular weight is 176 g/mol. The molecule has 0 aromatic heterocycles. The Bertz CT molecular complexity index is 331. The molecule has 13 heavy (non-hydrogen) atoms. The zero-order chi connectivity index (χ0) is 9.26. The number of hydrogen-bond acceptors (Lipinski definition) is 2. The van der Waals surface area contributed by atoms with Crippen molar-refractivity contribution in [2.24, 2.45) is 5.73 Å². The number of carbonyl (C=O) groups is 1. The van der Waals surface area contributed by atoms with Gasteiger partial charge in [0.05, 0.1) is 0 Å². The van der Waals surface area contributed by atoms with E-state index in [1.807, 2.05) is 18.2 Å². The molecule has 0 spiro atoms. The highest BCUT2D eigenvalue weighted by molar-refractivity contribution is 5.92. The summed E-state index contributed by atoms with van der Waals surface area (Å²) in [5, 5.41) is 3.19. The van der Waals surface area contributed by atoms with Crippen LogP contribution in [-0.2, 0) is 0 Å². The van der Waals surface area contributed by atoms with Crippen molar-refractivity contribution in [2.75, 3.05) is 13.1 Å². The molecule has 1 aromatic rings. The van der Waals surface area contributed by atoms with Crippen LogP contribution in [0.3, 0.4) is 0 Å². The lowest BCUT2D eigenvalue weighted by Gasteiger charge is -2.27. The minimum atomic E-state index is -0.353. The Morgan fingerprint density at radius 2 is 2.23 bits per heavy atom. The maximum Gasteiger partial charge on any atom is 0.248 e. The summed E-state index contributed by atoms with van der Waals surface area (Å²) in [5.41, 5.74) is 6.99. The molecule has 1 amide bonds. The Morgan fingerprint density at radius 3 is 2.77 bits per heavy atom. The van der Waals surface area contributed by atoms with Crippen molar-refractivity contribution in [1.82, 2.24) is 5.32 Å². The van der Waals surface area contributed by atoms with Crippen molar-refractivity contribution in [3.8, 4) is 0 Å². The van der Waals surface area contributed by atoms with Gasteiger partial charge in [0, 0.05) is 24.6 Å². The zero-order valence-corrected chi connectivity index (χ0v) is 7.29. The highest BCUT2D eigenvalue weighted by Crippen LogP contribution is 2.20. The van der Waals surface area contributed by atoms with Gasteiger partial charge < -0.3 is 11.1 Å². The van der Waals surface area contributed by atoms with Gasteiger partial charge in [-0.2, -0.15) is 0 Å². The molecule has 68 valence electrons. The summed E-state index contributed by atoms with van der Waals surface area (Å²) >= 11 is 0. The first kappa shape index (κ1) is 8.26. The Hall–Kier alpha value is -1.35. The molecule has 1 saturated heterocycles. The third-order valence-corrected chi connectivity index (χ3v) is 2.42. The molecule has 2 rings (SSSR count). The summed E-state index contributed by atoms with van der Waals surface area (Å²) < 4.78 is 0. The summed E-state index contributed by atoms with van der Waals surface area (Å²) in [7, 11) is 0. The number of primary amides is 1. The van der Waals surface area contributed by atoms with E-state index in [4.69, 9.17) is 5.73 Å². The van der Waals surface area contributed by atoms with Crippen molar-refractivity contribution in [2.45, 2.75) is 5.92 Å². The van der Waals surface area contributed by atoms with Crippen molar-refractivity contribution in [3.63, 3.8) is 0 Å². The van der Waals surface area contributed by atoms with Gasteiger partial charge in [-0.25, -0.2) is 0 Å². The van der Waals surface area contributed by atoms with E-state index in [2.05, 4.69) is 5.32 Å². The average Bonchev–Trinajstić information content (AvgIpc) is 2.01. The molecular weight excluding hydrogens is 164 g/mol. The number of carbonyl (C=O) groups excluding carboxylic acids is 1. The lowest BCUT2D eigenvalue weighted by Crippen LogP contribution is -2.39. The molecule has 0 saturated carbocycles. The minimum absolute atomic E-state index is 0.353. The molecule has 0 unspecified atom stereocenters. The topological polar surface area (TPSA) is 55.1 Å². The van der Waals surface area contributed by atoms with Gasteiger partial charge in [0.2, 0.25) is 5.91 Å². The Labute approximate surface area is 76.9 Å². The van der Waals surface area contributed by atoms with E-state index in [-0.39, 0.29) is 5.91 Å². The van der Waals surface area contributed by atoms with Crippen LogP contribution in [0.15, 0.2) is 24.3 Å². The number of nitrogens with one attached hydrogen (secondary N) is 1. The third kappa shape index (κ3) is 1.55.